The van der Waals surface area contributed by atoms with Gasteiger partial charge in [0.25, 0.3) is 5.56 Å². The largest absolute Gasteiger partial charge is 0.486 e. The number of rotatable bonds is 7. The zero-order valence-corrected chi connectivity index (χ0v) is 20.2. The number of fused-ring (bicyclic) bond motifs is 2. The number of thiophene rings is 1. The van der Waals surface area contributed by atoms with E-state index in [2.05, 4.69) is 11.9 Å². The van der Waals surface area contributed by atoms with Crippen molar-refractivity contribution in [2.75, 3.05) is 13.2 Å². The first-order chi connectivity index (χ1) is 16.4. The highest BCUT2D eigenvalue weighted by Gasteiger charge is 2.28. The molecule has 1 aliphatic heterocycles. The number of aromatic amines is 1. The number of nitrogens with one attached hydrogen (secondary N) is 1. The van der Waals surface area contributed by atoms with E-state index >= 15 is 0 Å². The lowest BCUT2D eigenvalue weighted by Crippen LogP contribution is -2.32. The maximum absolute atomic E-state index is 13.7. The summed E-state index contributed by atoms with van der Waals surface area (Å²) in [5.41, 5.74) is 1.96. The van der Waals surface area contributed by atoms with Crippen LogP contribution >= 0.6 is 11.3 Å². The number of aromatic nitrogens is 1. The van der Waals surface area contributed by atoms with Crippen molar-refractivity contribution in [2.45, 2.75) is 31.3 Å². The molecule has 1 aliphatic rings. The molecule has 0 saturated heterocycles. The molecule has 0 spiro atoms. The monoisotopic (exact) mass is 496 g/mol. The predicted octanol–water partition coefficient (Wildman–Crippen LogP) is 4.31. The highest BCUT2D eigenvalue weighted by Crippen LogP contribution is 2.34. The smallest absolute Gasteiger partial charge is 0.252 e. The van der Waals surface area contributed by atoms with Crippen LogP contribution in [0.4, 0.5) is 0 Å². The molecular weight excluding hydrogens is 472 g/mol. The standard InChI is InChI=1S/C25H24N2O5S2/c1-2-17-5-7-22-18(12-17)13-19(25(28)26-22)15-27(16-20-4-3-11-33-20)34(29,30)21-6-8-23-24(14-21)32-10-9-31-23/h3-8,11-14H,2,9-10,15-16H2,1H3,(H,26,28). The number of hydrogen-bond acceptors (Lipinski definition) is 6. The second-order valence-electron chi connectivity index (χ2n) is 8.06. The fourth-order valence-electron chi connectivity index (χ4n) is 3.96. The zero-order valence-electron chi connectivity index (χ0n) is 18.6. The van der Waals surface area contributed by atoms with Gasteiger partial charge in [-0.15, -0.1) is 11.3 Å². The molecule has 5 rings (SSSR count). The van der Waals surface area contributed by atoms with E-state index < -0.39 is 10.0 Å². The first-order valence-corrected chi connectivity index (χ1v) is 13.3. The van der Waals surface area contributed by atoms with Gasteiger partial charge in [0.15, 0.2) is 11.5 Å². The minimum atomic E-state index is -3.94. The molecule has 2 aromatic carbocycles. The lowest BCUT2D eigenvalue weighted by molar-refractivity contribution is 0.171. The molecule has 1 N–H and O–H groups in total. The van der Waals surface area contributed by atoms with Gasteiger partial charge < -0.3 is 14.5 Å². The fraction of sp³-hybridized carbons (Fsp3) is 0.240. The summed E-state index contributed by atoms with van der Waals surface area (Å²) in [7, 11) is -3.94. The molecule has 0 bridgehead atoms. The molecule has 176 valence electrons. The van der Waals surface area contributed by atoms with Gasteiger partial charge in [0.2, 0.25) is 10.0 Å². The Kier molecular flexibility index (Phi) is 6.16. The topological polar surface area (TPSA) is 88.7 Å². The highest BCUT2D eigenvalue weighted by molar-refractivity contribution is 7.89. The number of ether oxygens (including phenoxy) is 2. The number of sulfonamides is 1. The Labute approximate surface area is 201 Å². The Balaban J connectivity index is 1.55. The zero-order chi connectivity index (χ0) is 23.7. The van der Waals surface area contributed by atoms with Gasteiger partial charge in [0, 0.05) is 35.1 Å². The van der Waals surface area contributed by atoms with Crippen molar-refractivity contribution >= 4 is 32.3 Å². The molecule has 0 saturated carbocycles. The molecular formula is C25H24N2O5S2. The maximum Gasteiger partial charge on any atom is 0.252 e. The van der Waals surface area contributed by atoms with Crippen LogP contribution in [-0.2, 0) is 29.5 Å². The number of aryl methyl sites for hydroxylation is 1. The number of hydrogen-bond donors (Lipinski definition) is 1. The van der Waals surface area contributed by atoms with Crippen LogP contribution in [0.3, 0.4) is 0 Å². The Morgan fingerprint density at radius 2 is 1.82 bits per heavy atom. The predicted molar refractivity (Wildman–Crippen MR) is 132 cm³/mol. The van der Waals surface area contributed by atoms with Gasteiger partial charge in [-0.3, -0.25) is 4.79 Å². The highest BCUT2D eigenvalue weighted by atomic mass is 32.2. The maximum atomic E-state index is 13.7. The lowest BCUT2D eigenvalue weighted by atomic mass is 10.1. The molecule has 0 atom stereocenters. The molecule has 0 radical (unpaired) electrons. The van der Waals surface area contributed by atoms with Crippen molar-refractivity contribution < 1.29 is 17.9 Å². The summed E-state index contributed by atoms with van der Waals surface area (Å²) in [6, 6.07) is 16.1. The number of pyridine rings is 1. The summed E-state index contributed by atoms with van der Waals surface area (Å²) in [5, 5.41) is 2.78. The summed E-state index contributed by atoms with van der Waals surface area (Å²) >= 11 is 1.47. The van der Waals surface area contributed by atoms with Crippen LogP contribution in [0.2, 0.25) is 0 Å². The van der Waals surface area contributed by atoms with Crippen LogP contribution in [0.25, 0.3) is 10.9 Å². The average molecular weight is 497 g/mol. The molecule has 0 unspecified atom stereocenters. The normalized spacial score (nSPS) is 13.5. The number of nitrogens with zero attached hydrogens (tertiary/aromatic N) is 1. The molecule has 9 heteroatoms. The minimum Gasteiger partial charge on any atom is -0.486 e. The van der Waals surface area contributed by atoms with Crippen molar-refractivity contribution in [3.8, 4) is 11.5 Å². The van der Waals surface area contributed by atoms with Crippen molar-refractivity contribution in [1.82, 2.24) is 9.29 Å². The summed E-state index contributed by atoms with van der Waals surface area (Å²) in [4.78, 5) is 16.7. The lowest BCUT2D eigenvalue weighted by Gasteiger charge is -2.23. The van der Waals surface area contributed by atoms with Crippen molar-refractivity contribution in [3.63, 3.8) is 0 Å². The van der Waals surface area contributed by atoms with Gasteiger partial charge in [-0.25, -0.2) is 8.42 Å². The minimum absolute atomic E-state index is 0.0592. The average Bonchev–Trinajstić information content (AvgIpc) is 3.36. The van der Waals surface area contributed by atoms with E-state index in [0.29, 0.717) is 30.3 Å². The van der Waals surface area contributed by atoms with Gasteiger partial charge in [0.05, 0.1) is 4.90 Å². The quantitative estimate of drug-likeness (QED) is 0.412. The van der Waals surface area contributed by atoms with E-state index in [1.807, 2.05) is 35.7 Å². The Hall–Kier alpha value is -3.14. The fourth-order valence-corrected chi connectivity index (χ4v) is 6.18. The van der Waals surface area contributed by atoms with E-state index in [-0.39, 0.29) is 23.5 Å². The third kappa shape index (κ3) is 4.46. The van der Waals surface area contributed by atoms with Crippen LogP contribution in [0, 0.1) is 0 Å². The van der Waals surface area contributed by atoms with Gasteiger partial charge in [-0.1, -0.05) is 19.1 Å². The van der Waals surface area contributed by atoms with Crippen LogP contribution in [-0.4, -0.2) is 30.9 Å². The first kappa shape index (κ1) is 22.6. The van der Waals surface area contributed by atoms with Gasteiger partial charge in [0.1, 0.15) is 13.2 Å². The van der Waals surface area contributed by atoms with Crippen molar-refractivity contribution in [3.05, 3.63) is 86.3 Å². The SMILES string of the molecule is CCc1ccc2[nH]c(=O)c(CN(Cc3cccs3)S(=O)(=O)c3ccc4c(c3)OCCO4)cc2c1. The van der Waals surface area contributed by atoms with Crippen LogP contribution in [0.5, 0.6) is 11.5 Å². The molecule has 4 aromatic rings. The molecule has 7 nitrogen and oxygen atoms in total. The van der Waals surface area contributed by atoms with Crippen molar-refractivity contribution in [1.29, 1.82) is 0 Å². The number of benzene rings is 2. The Morgan fingerprint density at radius 3 is 2.59 bits per heavy atom. The molecule has 34 heavy (non-hydrogen) atoms. The van der Waals surface area contributed by atoms with E-state index in [0.717, 1.165) is 27.8 Å². The Morgan fingerprint density at radius 1 is 1.00 bits per heavy atom. The van der Waals surface area contributed by atoms with Gasteiger partial charge >= 0.3 is 0 Å². The summed E-state index contributed by atoms with van der Waals surface area (Å²) in [6.45, 7) is 2.95. The van der Waals surface area contributed by atoms with Crippen LogP contribution < -0.4 is 15.0 Å². The summed E-state index contributed by atoms with van der Waals surface area (Å²) in [5.74, 6) is 0.923. The third-order valence-electron chi connectivity index (χ3n) is 5.80. The molecule has 0 fully saturated rings. The van der Waals surface area contributed by atoms with Gasteiger partial charge in [-0.2, -0.15) is 4.31 Å². The van der Waals surface area contributed by atoms with E-state index in [9.17, 15) is 13.2 Å². The molecule has 3 heterocycles. The molecule has 2 aromatic heterocycles. The summed E-state index contributed by atoms with van der Waals surface area (Å²) in [6.07, 6.45) is 0.868. The first-order valence-electron chi connectivity index (χ1n) is 11.0. The second-order valence-corrected chi connectivity index (χ2v) is 11.0. The van der Waals surface area contributed by atoms with Crippen LogP contribution in [0.1, 0.15) is 22.9 Å². The van der Waals surface area contributed by atoms with Crippen LogP contribution in [0.15, 0.2) is 69.7 Å². The van der Waals surface area contributed by atoms with E-state index in [4.69, 9.17) is 9.47 Å². The number of H-pyrrole nitrogens is 1. The Bertz CT molecular complexity index is 1490. The van der Waals surface area contributed by atoms with Gasteiger partial charge in [-0.05, 0) is 59.1 Å². The summed E-state index contributed by atoms with van der Waals surface area (Å²) < 4.78 is 40.0. The molecule has 0 aliphatic carbocycles. The van der Waals surface area contributed by atoms with E-state index in [1.54, 1.807) is 12.1 Å². The second kappa shape index (κ2) is 9.25. The van der Waals surface area contributed by atoms with Crippen molar-refractivity contribution in [2.24, 2.45) is 0 Å². The third-order valence-corrected chi connectivity index (χ3v) is 8.45. The van der Waals surface area contributed by atoms with E-state index in [1.165, 1.54) is 27.8 Å². The molecule has 0 amide bonds.